The molecule has 1 aliphatic rings. The lowest BCUT2D eigenvalue weighted by Crippen LogP contribution is -2.25. The van der Waals surface area contributed by atoms with Crippen molar-refractivity contribution in [1.29, 1.82) is 0 Å². The molecule has 29 heavy (non-hydrogen) atoms. The summed E-state index contributed by atoms with van der Waals surface area (Å²) in [5.74, 6) is -3.93. The van der Waals surface area contributed by atoms with Crippen LogP contribution in [0.4, 0.5) is 22.0 Å². The standard InChI is InChI=1S/C21H18F5NO2/c1-5-12-13(8-11(27-4)9-14(10(2)3)21(24,25)26)20(29)18-16(23)7-6-15(22)17(18)19(12)28/h6-7,9H,4-5,8H2,1-3H3/b11-9-. The SMILES string of the molecule is C=N/C(=C\C(=C(C)C)C(F)(F)F)CC1=C(CC)C(=O)c2c(F)ccc(F)c2C1=O. The minimum absolute atomic E-state index is 0.00843. The Labute approximate surface area is 164 Å². The van der Waals surface area contributed by atoms with E-state index in [2.05, 4.69) is 11.7 Å². The molecule has 0 N–H and O–H groups in total. The second-order valence-electron chi connectivity index (χ2n) is 6.63. The van der Waals surface area contributed by atoms with E-state index in [1.165, 1.54) is 20.8 Å². The molecule has 0 spiro atoms. The van der Waals surface area contributed by atoms with E-state index in [0.29, 0.717) is 0 Å². The normalized spacial score (nSPS) is 14.8. The van der Waals surface area contributed by atoms with Crippen LogP contribution in [-0.4, -0.2) is 24.5 Å². The summed E-state index contributed by atoms with van der Waals surface area (Å²) in [4.78, 5) is 29.1. The zero-order valence-electron chi connectivity index (χ0n) is 16.0. The lowest BCUT2D eigenvalue weighted by Gasteiger charge is -2.21. The van der Waals surface area contributed by atoms with Crippen LogP contribution < -0.4 is 0 Å². The number of fused-ring (bicyclic) bond motifs is 1. The number of ketones is 2. The zero-order chi connectivity index (χ0) is 22.1. The highest BCUT2D eigenvalue weighted by atomic mass is 19.4. The highest BCUT2D eigenvalue weighted by Gasteiger charge is 2.37. The molecule has 0 bridgehead atoms. The molecule has 0 aliphatic heterocycles. The highest BCUT2D eigenvalue weighted by molar-refractivity contribution is 6.27. The number of alkyl halides is 3. The molecule has 0 aromatic heterocycles. The quantitative estimate of drug-likeness (QED) is 0.343. The second-order valence-corrected chi connectivity index (χ2v) is 6.63. The molecular formula is C21H18F5NO2. The number of halogens is 5. The smallest absolute Gasteiger partial charge is 0.289 e. The summed E-state index contributed by atoms with van der Waals surface area (Å²) in [5, 5.41) is 0. The Morgan fingerprint density at radius 3 is 1.90 bits per heavy atom. The van der Waals surface area contributed by atoms with Crippen molar-refractivity contribution in [1.82, 2.24) is 0 Å². The van der Waals surface area contributed by atoms with Gasteiger partial charge >= 0.3 is 6.18 Å². The summed E-state index contributed by atoms with van der Waals surface area (Å²) >= 11 is 0. The first-order valence-electron chi connectivity index (χ1n) is 8.65. The van der Waals surface area contributed by atoms with Crippen LogP contribution in [0.2, 0.25) is 0 Å². The summed E-state index contributed by atoms with van der Waals surface area (Å²) in [5.41, 5.74) is -2.91. The third-order valence-electron chi connectivity index (χ3n) is 4.54. The molecule has 0 fully saturated rings. The molecule has 8 heteroatoms. The van der Waals surface area contributed by atoms with Crippen LogP contribution in [0.1, 0.15) is 54.3 Å². The summed E-state index contributed by atoms with van der Waals surface area (Å²) < 4.78 is 68.0. The van der Waals surface area contributed by atoms with Gasteiger partial charge in [0.15, 0.2) is 11.6 Å². The largest absolute Gasteiger partial charge is 0.416 e. The molecule has 1 aromatic rings. The minimum atomic E-state index is -4.66. The van der Waals surface area contributed by atoms with Crippen LogP contribution in [0.5, 0.6) is 0 Å². The van der Waals surface area contributed by atoms with Crippen molar-refractivity contribution in [3.8, 4) is 0 Å². The Morgan fingerprint density at radius 1 is 1.03 bits per heavy atom. The Kier molecular flexibility index (Phi) is 6.35. The lowest BCUT2D eigenvalue weighted by molar-refractivity contribution is -0.0890. The zero-order valence-corrected chi connectivity index (χ0v) is 16.0. The van der Waals surface area contributed by atoms with Gasteiger partial charge in [0.05, 0.1) is 16.7 Å². The van der Waals surface area contributed by atoms with Gasteiger partial charge in [-0.05, 0) is 45.2 Å². The molecule has 3 nitrogen and oxygen atoms in total. The molecule has 0 saturated carbocycles. The van der Waals surface area contributed by atoms with Crippen molar-refractivity contribution in [2.24, 2.45) is 4.99 Å². The number of aliphatic imine (C=N–C) groups is 1. The molecule has 154 valence electrons. The van der Waals surface area contributed by atoms with Gasteiger partial charge in [0.1, 0.15) is 11.6 Å². The molecule has 0 unspecified atom stereocenters. The van der Waals surface area contributed by atoms with Gasteiger partial charge in [-0.15, -0.1) is 0 Å². The third kappa shape index (κ3) is 4.26. The molecule has 0 heterocycles. The summed E-state index contributed by atoms with van der Waals surface area (Å²) in [6, 6.07) is 1.47. The van der Waals surface area contributed by atoms with E-state index in [-0.39, 0.29) is 28.8 Å². The Balaban J connectivity index is 2.64. The van der Waals surface area contributed by atoms with E-state index >= 15 is 0 Å². The molecular weight excluding hydrogens is 393 g/mol. The molecule has 0 atom stereocenters. The second kappa shape index (κ2) is 8.23. The molecule has 0 amide bonds. The summed E-state index contributed by atoms with van der Waals surface area (Å²) in [6.45, 7) is 7.29. The molecule has 1 aliphatic carbocycles. The number of carbonyl (C=O) groups is 2. The molecule has 1 aromatic carbocycles. The first-order chi connectivity index (χ1) is 13.4. The van der Waals surface area contributed by atoms with Gasteiger partial charge in [0.25, 0.3) is 0 Å². The molecule has 2 rings (SSSR count). The first kappa shape index (κ1) is 22.4. The Hall–Kier alpha value is -2.90. The van der Waals surface area contributed by atoms with Gasteiger partial charge in [0.2, 0.25) is 0 Å². The van der Waals surface area contributed by atoms with Crippen LogP contribution in [-0.2, 0) is 0 Å². The van der Waals surface area contributed by atoms with E-state index < -0.39 is 52.5 Å². The first-order valence-corrected chi connectivity index (χ1v) is 8.65. The van der Waals surface area contributed by atoms with Crippen molar-refractivity contribution in [2.75, 3.05) is 0 Å². The third-order valence-corrected chi connectivity index (χ3v) is 4.54. The maximum atomic E-state index is 14.2. The number of nitrogens with zero attached hydrogens (tertiary/aromatic N) is 1. The molecule has 0 saturated heterocycles. The van der Waals surface area contributed by atoms with Crippen LogP contribution in [0, 0.1) is 11.6 Å². The van der Waals surface area contributed by atoms with Crippen molar-refractivity contribution < 1.29 is 31.5 Å². The van der Waals surface area contributed by atoms with E-state index in [9.17, 15) is 31.5 Å². The number of carbonyl (C=O) groups excluding carboxylic acids is 2. The lowest BCUT2D eigenvalue weighted by atomic mass is 9.80. The van der Waals surface area contributed by atoms with Crippen molar-refractivity contribution in [2.45, 2.75) is 39.8 Å². The van der Waals surface area contributed by atoms with Crippen LogP contribution in [0.3, 0.4) is 0 Å². The topological polar surface area (TPSA) is 46.5 Å². The maximum Gasteiger partial charge on any atom is 0.416 e. The van der Waals surface area contributed by atoms with E-state index in [4.69, 9.17) is 0 Å². The van der Waals surface area contributed by atoms with Crippen molar-refractivity contribution in [3.63, 3.8) is 0 Å². The minimum Gasteiger partial charge on any atom is -0.289 e. The van der Waals surface area contributed by atoms with Crippen LogP contribution in [0.15, 0.2) is 51.2 Å². The number of Topliss-reactive ketones (excluding diaryl/α,β-unsaturated/α-hetero) is 2. The average molecular weight is 411 g/mol. The van der Waals surface area contributed by atoms with Gasteiger partial charge in [-0.25, -0.2) is 8.78 Å². The monoisotopic (exact) mass is 411 g/mol. The van der Waals surface area contributed by atoms with Gasteiger partial charge in [-0.2, -0.15) is 13.2 Å². The Bertz CT molecular complexity index is 993. The summed E-state index contributed by atoms with van der Waals surface area (Å²) in [7, 11) is 0. The number of rotatable bonds is 5. The summed E-state index contributed by atoms with van der Waals surface area (Å²) in [6.07, 6.45) is -4.39. The predicted octanol–water partition coefficient (Wildman–Crippen LogP) is 5.92. The average Bonchev–Trinajstić information content (AvgIpc) is 2.62. The van der Waals surface area contributed by atoms with Gasteiger partial charge in [-0.3, -0.25) is 14.6 Å². The number of hydrogen-bond acceptors (Lipinski definition) is 3. The number of benzene rings is 1. The van der Waals surface area contributed by atoms with E-state index in [0.717, 1.165) is 18.2 Å². The maximum absolute atomic E-state index is 14.2. The fraction of sp³-hybridized carbons (Fsp3) is 0.286. The number of hydrogen-bond donors (Lipinski definition) is 0. The van der Waals surface area contributed by atoms with Gasteiger partial charge < -0.3 is 0 Å². The highest BCUT2D eigenvalue weighted by Crippen LogP contribution is 2.36. The van der Waals surface area contributed by atoms with E-state index in [1.807, 2.05) is 0 Å². The predicted molar refractivity (Wildman–Crippen MR) is 99.0 cm³/mol. The van der Waals surface area contributed by atoms with Crippen LogP contribution >= 0.6 is 0 Å². The van der Waals surface area contributed by atoms with Gasteiger partial charge in [-0.1, -0.05) is 12.5 Å². The van der Waals surface area contributed by atoms with Crippen molar-refractivity contribution >= 4 is 18.3 Å². The van der Waals surface area contributed by atoms with Crippen molar-refractivity contribution in [3.05, 3.63) is 69.0 Å². The number of allylic oxidation sites excluding steroid dienone is 5. The van der Waals surface area contributed by atoms with Crippen LogP contribution in [0.25, 0.3) is 0 Å². The fourth-order valence-corrected chi connectivity index (χ4v) is 3.14. The molecule has 0 radical (unpaired) electrons. The van der Waals surface area contributed by atoms with E-state index in [1.54, 1.807) is 0 Å². The fourth-order valence-electron chi connectivity index (χ4n) is 3.14. The Morgan fingerprint density at radius 2 is 1.52 bits per heavy atom. The van der Waals surface area contributed by atoms with Gasteiger partial charge in [0, 0.05) is 23.3 Å².